The Hall–Kier alpha value is -1.98. The van der Waals surface area contributed by atoms with Gasteiger partial charge in [-0.25, -0.2) is 4.99 Å². The van der Waals surface area contributed by atoms with Gasteiger partial charge in [0.2, 0.25) is 0 Å². The first-order chi connectivity index (χ1) is 8.13. The van der Waals surface area contributed by atoms with Gasteiger partial charge in [-0.3, -0.25) is 10.3 Å². The molecule has 1 aromatic rings. The Morgan fingerprint density at radius 1 is 1.47 bits per heavy atom. The zero-order valence-electron chi connectivity index (χ0n) is 10.1. The fourth-order valence-corrected chi connectivity index (χ4v) is 1.71. The molecule has 1 atom stereocenters. The first-order valence-corrected chi connectivity index (χ1v) is 5.69. The van der Waals surface area contributed by atoms with Gasteiger partial charge in [0.15, 0.2) is 11.9 Å². The molecule has 2 rings (SSSR count). The van der Waals surface area contributed by atoms with Crippen LogP contribution in [-0.4, -0.2) is 29.6 Å². The van der Waals surface area contributed by atoms with Crippen molar-refractivity contribution in [2.75, 3.05) is 6.54 Å². The molecule has 1 aliphatic heterocycles. The van der Waals surface area contributed by atoms with Crippen LogP contribution < -0.4 is 16.4 Å². The highest BCUT2D eigenvalue weighted by atomic mass is 15.3. The molecule has 0 spiro atoms. The van der Waals surface area contributed by atoms with Crippen molar-refractivity contribution in [1.82, 2.24) is 15.6 Å². The van der Waals surface area contributed by atoms with Crippen LogP contribution in [0.4, 0.5) is 0 Å². The third-order valence-electron chi connectivity index (χ3n) is 2.47. The number of hydrogen-bond donors (Lipinski definition) is 4. The summed E-state index contributed by atoms with van der Waals surface area (Å²) in [6.07, 6.45) is 0.856. The second-order valence-electron chi connectivity index (χ2n) is 4.11. The number of nitrogens with one attached hydrogen (secondary N) is 3. The van der Waals surface area contributed by atoms with Gasteiger partial charge >= 0.3 is 0 Å². The Balaban J connectivity index is 1.87. The predicted molar refractivity (Wildman–Crippen MR) is 68.9 cm³/mol. The van der Waals surface area contributed by atoms with Crippen molar-refractivity contribution in [2.24, 2.45) is 15.7 Å². The van der Waals surface area contributed by atoms with Gasteiger partial charge in [0.05, 0.1) is 0 Å². The van der Waals surface area contributed by atoms with Gasteiger partial charge in [-0.2, -0.15) is 0 Å². The number of hydrogen-bond acceptors (Lipinski definition) is 3. The van der Waals surface area contributed by atoms with Crippen molar-refractivity contribution in [1.29, 1.82) is 0 Å². The molecule has 1 aliphatic rings. The molecule has 0 saturated heterocycles. The van der Waals surface area contributed by atoms with Gasteiger partial charge < -0.3 is 16.0 Å². The summed E-state index contributed by atoms with van der Waals surface area (Å²) in [5.41, 5.74) is 7.98. The van der Waals surface area contributed by atoms with Gasteiger partial charge in [-0.1, -0.05) is 0 Å². The van der Waals surface area contributed by atoms with E-state index in [1.807, 2.05) is 13.8 Å². The molecule has 5 N–H and O–H groups in total. The van der Waals surface area contributed by atoms with Gasteiger partial charge in [0, 0.05) is 24.4 Å². The van der Waals surface area contributed by atoms with Crippen LogP contribution in [-0.2, 0) is 6.42 Å². The number of nitrogens with two attached hydrogens (primary N) is 1. The quantitative estimate of drug-likeness (QED) is 0.597. The Kier molecular flexibility index (Phi) is 3.32. The van der Waals surface area contributed by atoms with E-state index in [2.05, 4.69) is 37.7 Å². The number of rotatable bonds is 3. The van der Waals surface area contributed by atoms with Crippen LogP contribution in [0.15, 0.2) is 22.1 Å². The summed E-state index contributed by atoms with van der Waals surface area (Å²) in [7, 11) is 0. The normalized spacial score (nSPS) is 21.9. The van der Waals surface area contributed by atoms with Crippen LogP contribution >= 0.6 is 0 Å². The standard InChI is InChI=1S/C11H18N6/c1-7-3-4-9(14-7)5-6-13-11-16-8(2)15-10(12)17-11/h3-4,8,14H,5-6H2,1-2H3,(H4,12,13,15,16,17). The summed E-state index contributed by atoms with van der Waals surface area (Å²) in [6.45, 7) is 4.67. The van der Waals surface area contributed by atoms with Crippen molar-refractivity contribution in [3.8, 4) is 0 Å². The zero-order chi connectivity index (χ0) is 12.3. The Labute approximate surface area is 100 Å². The maximum Gasteiger partial charge on any atom is 0.199 e. The Morgan fingerprint density at radius 2 is 2.29 bits per heavy atom. The lowest BCUT2D eigenvalue weighted by Crippen LogP contribution is -2.52. The molecular formula is C11H18N6. The lowest BCUT2D eigenvalue weighted by Gasteiger charge is -2.20. The van der Waals surface area contributed by atoms with Gasteiger partial charge in [0.25, 0.3) is 0 Å². The fraction of sp³-hybridized carbons (Fsp3) is 0.455. The van der Waals surface area contributed by atoms with Crippen molar-refractivity contribution in [3.05, 3.63) is 23.5 Å². The molecule has 0 fully saturated rings. The lowest BCUT2D eigenvalue weighted by atomic mass is 10.3. The second-order valence-corrected chi connectivity index (χ2v) is 4.11. The second kappa shape index (κ2) is 4.90. The van der Waals surface area contributed by atoms with Gasteiger partial charge in [-0.15, -0.1) is 0 Å². The Morgan fingerprint density at radius 3 is 2.94 bits per heavy atom. The lowest BCUT2D eigenvalue weighted by molar-refractivity contribution is 0.663. The first-order valence-electron chi connectivity index (χ1n) is 5.69. The van der Waals surface area contributed by atoms with E-state index in [0.29, 0.717) is 18.5 Å². The average Bonchev–Trinajstić information content (AvgIpc) is 2.63. The van der Waals surface area contributed by atoms with E-state index in [1.54, 1.807) is 0 Å². The van der Waals surface area contributed by atoms with Crippen LogP contribution in [0.2, 0.25) is 0 Å². The van der Waals surface area contributed by atoms with E-state index in [4.69, 9.17) is 5.73 Å². The minimum atomic E-state index is -0.0252. The van der Waals surface area contributed by atoms with E-state index in [9.17, 15) is 0 Å². The van der Waals surface area contributed by atoms with Crippen LogP contribution in [0.25, 0.3) is 0 Å². The summed E-state index contributed by atoms with van der Waals surface area (Å²) in [5.74, 6) is 1.10. The third kappa shape index (κ3) is 3.24. The molecule has 0 radical (unpaired) electrons. The van der Waals surface area contributed by atoms with E-state index < -0.39 is 0 Å². The summed E-state index contributed by atoms with van der Waals surface area (Å²) < 4.78 is 0. The summed E-state index contributed by atoms with van der Waals surface area (Å²) in [4.78, 5) is 11.8. The highest BCUT2D eigenvalue weighted by molar-refractivity contribution is 5.99. The molecule has 6 nitrogen and oxygen atoms in total. The van der Waals surface area contributed by atoms with E-state index in [0.717, 1.165) is 6.42 Å². The van der Waals surface area contributed by atoms with Crippen molar-refractivity contribution >= 4 is 11.9 Å². The smallest absolute Gasteiger partial charge is 0.199 e. The Bertz CT molecular complexity index is 445. The topological polar surface area (TPSA) is 90.6 Å². The minimum Gasteiger partial charge on any atom is -0.370 e. The van der Waals surface area contributed by atoms with Crippen molar-refractivity contribution < 1.29 is 0 Å². The maximum absolute atomic E-state index is 5.61. The van der Waals surface area contributed by atoms with Crippen molar-refractivity contribution in [2.45, 2.75) is 26.4 Å². The minimum absolute atomic E-state index is 0.0252. The van der Waals surface area contributed by atoms with Crippen LogP contribution in [0.3, 0.4) is 0 Å². The molecule has 17 heavy (non-hydrogen) atoms. The number of aromatic nitrogens is 1. The molecule has 2 heterocycles. The highest BCUT2D eigenvalue weighted by Crippen LogP contribution is 2.01. The molecule has 0 amide bonds. The number of nitrogens with zero attached hydrogens (tertiary/aromatic N) is 2. The largest absolute Gasteiger partial charge is 0.370 e. The number of guanidine groups is 2. The van der Waals surface area contributed by atoms with E-state index >= 15 is 0 Å². The molecule has 0 aromatic carbocycles. The first kappa shape index (κ1) is 11.5. The number of aryl methyl sites for hydroxylation is 1. The molecule has 92 valence electrons. The van der Waals surface area contributed by atoms with Gasteiger partial charge in [0.1, 0.15) is 6.17 Å². The molecule has 6 heteroatoms. The summed E-state index contributed by atoms with van der Waals surface area (Å²) in [6, 6.07) is 4.14. The van der Waals surface area contributed by atoms with Crippen molar-refractivity contribution in [3.63, 3.8) is 0 Å². The molecule has 0 saturated carbocycles. The number of aromatic amines is 1. The van der Waals surface area contributed by atoms with Crippen LogP contribution in [0.1, 0.15) is 18.3 Å². The molecular weight excluding hydrogens is 216 g/mol. The van der Waals surface area contributed by atoms with Crippen LogP contribution in [0, 0.1) is 6.92 Å². The summed E-state index contributed by atoms with van der Waals surface area (Å²) in [5, 5.41) is 5.99. The number of H-pyrrole nitrogens is 1. The van der Waals surface area contributed by atoms with E-state index in [1.165, 1.54) is 11.4 Å². The molecule has 1 aromatic heterocycles. The van der Waals surface area contributed by atoms with Crippen LogP contribution in [0.5, 0.6) is 0 Å². The number of aliphatic imine (C=N–C) groups is 2. The summed E-state index contributed by atoms with van der Waals surface area (Å²) >= 11 is 0. The molecule has 0 aliphatic carbocycles. The maximum atomic E-state index is 5.61. The van der Waals surface area contributed by atoms with E-state index in [-0.39, 0.29) is 6.17 Å². The highest BCUT2D eigenvalue weighted by Gasteiger charge is 2.11. The average molecular weight is 234 g/mol. The van der Waals surface area contributed by atoms with Gasteiger partial charge in [-0.05, 0) is 26.0 Å². The fourth-order valence-electron chi connectivity index (χ4n) is 1.71. The molecule has 0 bridgehead atoms. The zero-order valence-corrected chi connectivity index (χ0v) is 10.1. The monoisotopic (exact) mass is 234 g/mol. The SMILES string of the molecule is Cc1ccc(CCN=C2NC(N)=NC(C)N2)[nH]1. The third-order valence-corrected chi connectivity index (χ3v) is 2.47. The molecule has 1 unspecified atom stereocenters. The predicted octanol–water partition coefficient (Wildman–Crippen LogP) is 0.0751.